The molecule has 1 atom stereocenters. The molecule has 0 saturated carbocycles. The average molecular weight is 213 g/mol. The van der Waals surface area contributed by atoms with E-state index < -0.39 is 0 Å². The molecule has 1 aliphatic rings. The van der Waals surface area contributed by atoms with Gasteiger partial charge < -0.3 is 0 Å². The van der Waals surface area contributed by atoms with E-state index in [1.165, 1.54) is 5.56 Å². The summed E-state index contributed by atoms with van der Waals surface area (Å²) in [5.74, 6) is -0.0868. The summed E-state index contributed by atoms with van der Waals surface area (Å²) in [5, 5.41) is 0.00819. The zero-order valence-corrected chi connectivity index (χ0v) is 9.29. The number of fused-ring (bicyclic) bond motifs is 1. The summed E-state index contributed by atoms with van der Waals surface area (Å²) in [6.45, 7) is 3.66. The van der Waals surface area contributed by atoms with Crippen LogP contribution in [0.3, 0.4) is 0 Å². The summed E-state index contributed by atoms with van der Waals surface area (Å²) in [6, 6.07) is 1.95. The van der Waals surface area contributed by atoms with Gasteiger partial charge in [0.25, 0.3) is 0 Å². The molecule has 0 fully saturated rings. The van der Waals surface area contributed by atoms with Crippen molar-refractivity contribution in [2.75, 3.05) is 0 Å². The molecule has 2 rings (SSSR count). The van der Waals surface area contributed by atoms with Crippen LogP contribution in [-0.4, -0.2) is 0 Å². The minimum absolute atomic E-state index is 0.00819. The summed E-state index contributed by atoms with van der Waals surface area (Å²) >= 11 is 6.21. The van der Waals surface area contributed by atoms with E-state index in [0.717, 1.165) is 36.0 Å². The Morgan fingerprint density at radius 3 is 2.86 bits per heavy atom. The normalized spacial score (nSPS) is 20.7. The maximum atomic E-state index is 13.6. The summed E-state index contributed by atoms with van der Waals surface area (Å²) in [7, 11) is 0. The highest BCUT2D eigenvalue weighted by atomic mass is 35.5. The van der Waals surface area contributed by atoms with E-state index in [4.69, 9.17) is 11.6 Å². The fraction of sp³-hybridized carbons (Fsp3) is 0.500. The van der Waals surface area contributed by atoms with Gasteiger partial charge >= 0.3 is 0 Å². The fourth-order valence-electron chi connectivity index (χ4n) is 2.32. The standard InChI is InChI=1S/C12H14ClF/c1-7-6-9-4-3-5-10(13)11(9)8(2)12(7)14/h6,10H,3-5H2,1-2H3. The van der Waals surface area contributed by atoms with Crippen molar-refractivity contribution in [1.82, 2.24) is 0 Å². The van der Waals surface area contributed by atoms with E-state index in [1.807, 2.05) is 19.9 Å². The van der Waals surface area contributed by atoms with Gasteiger partial charge in [0.1, 0.15) is 5.82 Å². The number of hydrogen-bond donors (Lipinski definition) is 0. The Labute approximate surface area is 89.1 Å². The predicted molar refractivity (Wildman–Crippen MR) is 57.4 cm³/mol. The van der Waals surface area contributed by atoms with Gasteiger partial charge in [0.05, 0.1) is 5.38 Å². The van der Waals surface area contributed by atoms with E-state index in [-0.39, 0.29) is 11.2 Å². The smallest absolute Gasteiger partial charge is 0.129 e. The number of halogens is 2. The van der Waals surface area contributed by atoms with Gasteiger partial charge in [0.2, 0.25) is 0 Å². The van der Waals surface area contributed by atoms with Crippen molar-refractivity contribution in [2.24, 2.45) is 0 Å². The molecule has 0 heterocycles. The Kier molecular flexibility index (Phi) is 2.52. The molecule has 14 heavy (non-hydrogen) atoms. The molecule has 1 aromatic carbocycles. The largest absolute Gasteiger partial charge is 0.206 e. The number of rotatable bonds is 0. The van der Waals surface area contributed by atoms with Gasteiger partial charge in [-0.1, -0.05) is 6.07 Å². The lowest BCUT2D eigenvalue weighted by Crippen LogP contribution is -2.10. The van der Waals surface area contributed by atoms with Gasteiger partial charge in [-0.15, -0.1) is 11.6 Å². The molecule has 0 N–H and O–H groups in total. The topological polar surface area (TPSA) is 0 Å². The summed E-state index contributed by atoms with van der Waals surface area (Å²) in [6.07, 6.45) is 3.13. The molecule has 0 saturated heterocycles. The molecule has 0 amide bonds. The second kappa shape index (κ2) is 3.54. The molecular formula is C12H14ClF. The van der Waals surface area contributed by atoms with E-state index in [1.54, 1.807) is 0 Å². The summed E-state index contributed by atoms with van der Waals surface area (Å²) in [5.41, 5.74) is 3.78. The Morgan fingerprint density at radius 2 is 2.14 bits per heavy atom. The van der Waals surface area contributed by atoms with Crippen molar-refractivity contribution in [3.05, 3.63) is 34.1 Å². The van der Waals surface area contributed by atoms with E-state index >= 15 is 0 Å². The molecule has 2 heteroatoms. The maximum Gasteiger partial charge on any atom is 0.129 e. The first-order valence-corrected chi connectivity index (χ1v) is 5.47. The Morgan fingerprint density at radius 1 is 1.43 bits per heavy atom. The second-order valence-electron chi connectivity index (χ2n) is 4.07. The predicted octanol–water partition coefficient (Wildman–Crippen LogP) is 4.06. The van der Waals surface area contributed by atoms with Crippen molar-refractivity contribution >= 4 is 11.6 Å². The molecule has 1 aromatic rings. The van der Waals surface area contributed by atoms with Crippen LogP contribution in [0.5, 0.6) is 0 Å². The van der Waals surface area contributed by atoms with Crippen molar-refractivity contribution < 1.29 is 4.39 Å². The van der Waals surface area contributed by atoms with Crippen LogP contribution in [0.25, 0.3) is 0 Å². The highest BCUT2D eigenvalue weighted by Crippen LogP contribution is 2.38. The number of alkyl halides is 1. The number of hydrogen-bond acceptors (Lipinski definition) is 0. The average Bonchev–Trinajstić information content (AvgIpc) is 2.14. The van der Waals surface area contributed by atoms with Crippen LogP contribution in [0.1, 0.15) is 40.5 Å². The molecule has 0 aromatic heterocycles. The van der Waals surface area contributed by atoms with E-state index in [9.17, 15) is 4.39 Å². The highest BCUT2D eigenvalue weighted by molar-refractivity contribution is 6.21. The van der Waals surface area contributed by atoms with Crippen LogP contribution in [0, 0.1) is 19.7 Å². The van der Waals surface area contributed by atoms with Gasteiger partial charge in [-0.25, -0.2) is 4.39 Å². The molecule has 1 unspecified atom stereocenters. The van der Waals surface area contributed by atoms with Gasteiger partial charge in [-0.3, -0.25) is 0 Å². The number of aryl methyl sites for hydroxylation is 2. The molecule has 1 aliphatic carbocycles. The van der Waals surface area contributed by atoms with Gasteiger partial charge in [-0.05, 0) is 55.4 Å². The third kappa shape index (κ3) is 1.44. The van der Waals surface area contributed by atoms with Gasteiger partial charge in [0, 0.05) is 0 Å². The first-order valence-electron chi connectivity index (χ1n) is 5.04. The molecule has 0 aliphatic heterocycles. The van der Waals surface area contributed by atoms with Crippen molar-refractivity contribution in [3.63, 3.8) is 0 Å². The van der Waals surface area contributed by atoms with Crippen LogP contribution in [0.4, 0.5) is 4.39 Å². The minimum Gasteiger partial charge on any atom is -0.206 e. The monoisotopic (exact) mass is 212 g/mol. The highest BCUT2D eigenvalue weighted by Gasteiger charge is 2.22. The lowest BCUT2D eigenvalue weighted by Gasteiger charge is -2.24. The lowest BCUT2D eigenvalue weighted by molar-refractivity contribution is 0.590. The molecule has 0 spiro atoms. The Hall–Kier alpha value is -0.560. The Balaban J connectivity index is 2.64. The quantitative estimate of drug-likeness (QED) is 0.569. The van der Waals surface area contributed by atoms with Crippen LogP contribution < -0.4 is 0 Å². The van der Waals surface area contributed by atoms with Crippen molar-refractivity contribution in [2.45, 2.75) is 38.5 Å². The van der Waals surface area contributed by atoms with Crippen molar-refractivity contribution in [3.8, 4) is 0 Å². The molecular weight excluding hydrogens is 199 g/mol. The third-order valence-corrected chi connectivity index (χ3v) is 3.47. The SMILES string of the molecule is Cc1cc2c(c(C)c1F)C(Cl)CCC2. The van der Waals surface area contributed by atoms with Gasteiger partial charge in [0.15, 0.2) is 0 Å². The molecule has 0 nitrogen and oxygen atoms in total. The van der Waals surface area contributed by atoms with E-state index in [2.05, 4.69) is 0 Å². The summed E-state index contributed by atoms with van der Waals surface area (Å²) < 4.78 is 13.6. The molecule has 0 radical (unpaired) electrons. The molecule has 76 valence electrons. The first kappa shape index (κ1) is 9.97. The second-order valence-corrected chi connectivity index (χ2v) is 4.59. The summed E-state index contributed by atoms with van der Waals surface area (Å²) in [4.78, 5) is 0. The maximum absolute atomic E-state index is 13.6. The van der Waals surface area contributed by atoms with Crippen LogP contribution in [0.2, 0.25) is 0 Å². The first-order chi connectivity index (χ1) is 6.61. The zero-order valence-electron chi connectivity index (χ0n) is 8.53. The van der Waals surface area contributed by atoms with Crippen LogP contribution in [0.15, 0.2) is 6.07 Å². The molecule has 0 bridgehead atoms. The third-order valence-electron chi connectivity index (χ3n) is 3.03. The minimum atomic E-state index is -0.0868. The number of benzene rings is 1. The lowest BCUT2D eigenvalue weighted by atomic mass is 9.86. The zero-order chi connectivity index (χ0) is 10.3. The Bertz CT molecular complexity index is 371. The van der Waals surface area contributed by atoms with E-state index in [0.29, 0.717) is 0 Å². The fourth-order valence-corrected chi connectivity index (χ4v) is 2.77. The van der Waals surface area contributed by atoms with Crippen molar-refractivity contribution in [1.29, 1.82) is 0 Å². The van der Waals surface area contributed by atoms with Crippen LogP contribution >= 0.6 is 11.6 Å². The van der Waals surface area contributed by atoms with Gasteiger partial charge in [-0.2, -0.15) is 0 Å². The van der Waals surface area contributed by atoms with Crippen LogP contribution in [-0.2, 0) is 6.42 Å².